The summed E-state index contributed by atoms with van der Waals surface area (Å²) in [5, 5.41) is 11.1. The molecule has 0 bridgehead atoms. The number of aromatic nitrogens is 2. The van der Waals surface area contributed by atoms with Crippen LogP contribution in [0.25, 0.3) is 0 Å². The van der Waals surface area contributed by atoms with Gasteiger partial charge in [-0.25, -0.2) is 0 Å². The van der Waals surface area contributed by atoms with Crippen LogP contribution < -0.4 is 5.32 Å². The lowest BCUT2D eigenvalue weighted by Crippen LogP contribution is -2.39. The van der Waals surface area contributed by atoms with E-state index in [9.17, 15) is 4.79 Å². The lowest BCUT2D eigenvalue weighted by Gasteiger charge is -2.29. The third kappa shape index (κ3) is 4.19. The predicted octanol–water partition coefficient (Wildman–Crippen LogP) is 2.25. The molecule has 148 valence electrons. The van der Waals surface area contributed by atoms with Crippen LogP contribution in [0, 0.1) is 5.41 Å². The summed E-state index contributed by atoms with van der Waals surface area (Å²) in [4.78, 5) is 14.6. The lowest BCUT2D eigenvalue weighted by atomic mass is 9.76. The van der Waals surface area contributed by atoms with Crippen molar-refractivity contribution in [3.63, 3.8) is 0 Å². The molecule has 1 atom stereocenters. The Kier molecular flexibility index (Phi) is 7.36. The Morgan fingerprint density at radius 3 is 2.73 bits per heavy atom. The van der Waals surface area contributed by atoms with Crippen LogP contribution in [0.15, 0.2) is 0 Å². The maximum Gasteiger partial charge on any atom is 0.312 e. The molecule has 26 heavy (non-hydrogen) atoms. The number of rotatable bonds is 4. The molecule has 1 aliphatic carbocycles. The van der Waals surface area contributed by atoms with Crippen molar-refractivity contribution in [3.05, 3.63) is 17.0 Å². The van der Waals surface area contributed by atoms with Gasteiger partial charge in [0.1, 0.15) is 6.10 Å². The van der Waals surface area contributed by atoms with Gasteiger partial charge in [-0.1, -0.05) is 0 Å². The summed E-state index contributed by atoms with van der Waals surface area (Å²) in [5.74, 6) is 0.0274. The van der Waals surface area contributed by atoms with E-state index in [-0.39, 0.29) is 42.3 Å². The van der Waals surface area contributed by atoms with Crippen molar-refractivity contribution >= 4 is 30.8 Å². The summed E-state index contributed by atoms with van der Waals surface area (Å²) in [6.07, 6.45) is 7.52. The van der Waals surface area contributed by atoms with Crippen molar-refractivity contribution in [2.75, 3.05) is 26.7 Å². The van der Waals surface area contributed by atoms with Crippen LogP contribution in [0.1, 0.15) is 49.1 Å². The number of carbonyl (C=O) groups excluding carboxylic acids is 1. The third-order valence-electron chi connectivity index (χ3n) is 5.96. The number of hydrogen-bond donors (Lipinski definition) is 2. The molecule has 0 saturated carbocycles. The Hall–Kier alpha value is -0.820. The minimum absolute atomic E-state index is 0. The lowest BCUT2D eigenvalue weighted by molar-refractivity contribution is -0.150. The number of esters is 1. The van der Waals surface area contributed by atoms with E-state index in [1.165, 1.54) is 29.8 Å². The maximum absolute atomic E-state index is 12.4. The molecule has 0 radical (unpaired) electrons. The van der Waals surface area contributed by atoms with Gasteiger partial charge in [-0.3, -0.25) is 14.8 Å². The second-order valence-corrected chi connectivity index (χ2v) is 7.79. The third-order valence-corrected chi connectivity index (χ3v) is 5.96. The molecule has 6 nitrogen and oxygen atoms in total. The highest BCUT2D eigenvalue weighted by molar-refractivity contribution is 5.85. The average Bonchev–Trinajstić information content (AvgIpc) is 3.10. The Morgan fingerprint density at radius 2 is 1.96 bits per heavy atom. The number of hydrogen-bond acceptors (Lipinski definition) is 5. The Morgan fingerprint density at radius 1 is 1.23 bits per heavy atom. The van der Waals surface area contributed by atoms with Crippen molar-refractivity contribution in [2.24, 2.45) is 5.41 Å². The standard InChI is InChI=1S/C18H28N4O2.2ClH/c1-22(12-16-14-4-2-3-5-15(14)20-21-16)11-13-10-18(17(23)24-13)6-8-19-9-7-18;;/h13,19H,2-12H2,1H3,(H,20,21);2*1H. The molecule has 0 amide bonds. The van der Waals surface area contributed by atoms with Gasteiger partial charge in [0.05, 0.1) is 11.1 Å². The fraction of sp³-hybridized carbons (Fsp3) is 0.778. The smallest absolute Gasteiger partial charge is 0.312 e. The Balaban J connectivity index is 0.00000121. The summed E-state index contributed by atoms with van der Waals surface area (Å²) < 4.78 is 5.72. The van der Waals surface area contributed by atoms with Crippen molar-refractivity contribution in [2.45, 2.75) is 57.6 Å². The van der Waals surface area contributed by atoms with Crippen molar-refractivity contribution < 1.29 is 9.53 Å². The zero-order valence-corrected chi connectivity index (χ0v) is 17.0. The van der Waals surface area contributed by atoms with Crippen LogP contribution in [0.2, 0.25) is 0 Å². The maximum atomic E-state index is 12.4. The van der Waals surface area contributed by atoms with E-state index in [0.29, 0.717) is 0 Å². The molecule has 3 aliphatic rings. The topological polar surface area (TPSA) is 70.2 Å². The normalized spacial score (nSPS) is 23.9. The minimum Gasteiger partial charge on any atom is -0.461 e. The van der Waals surface area contributed by atoms with Crippen LogP contribution in [-0.4, -0.2) is 53.9 Å². The first-order chi connectivity index (χ1) is 11.7. The number of H-pyrrole nitrogens is 1. The van der Waals surface area contributed by atoms with Crippen LogP contribution in [0.5, 0.6) is 0 Å². The highest BCUT2D eigenvalue weighted by atomic mass is 35.5. The summed E-state index contributed by atoms with van der Waals surface area (Å²) in [6, 6.07) is 0. The quantitative estimate of drug-likeness (QED) is 0.752. The van der Waals surface area contributed by atoms with E-state index in [1.807, 2.05) is 0 Å². The number of aryl methyl sites for hydroxylation is 1. The molecule has 2 aliphatic heterocycles. The van der Waals surface area contributed by atoms with Gasteiger partial charge >= 0.3 is 5.97 Å². The molecule has 1 aromatic rings. The molecule has 1 aromatic heterocycles. The van der Waals surface area contributed by atoms with Gasteiger partial charge in [-0.2, -0.15) is 5.10 Å². The second-order valence-electron chi connectivity index (χ2n) is 7.79. The molecule has 0 aromatic carbocycles. The summed E-state index contributed by atoms with van der Waals surface area (Å²) in [5.41, 5.74) is 3.70. The van der Waals surface area contributed by atoms with Crippen molar-refractivity contribution in [3.8, 4) is 0 Å². The molecule has 1 unspecified atom stereocenters. The van der Waals surface area contributed by atoms with Gasteiger partial charge in [-0.05, 0) is 64.2 Å². The first-order valence-electron chi connectivity index (χ1n) is 9.32. The number of fused-ring (bicyclic) bond motifs is 1. The molecular formula is C18H30Cl2N4O2. The predicted molar refractivity (Wildman–Crippen MR) is 105 cm³/mol. The number of ether oxygens (including phenoxy) is 1. The summed E-state index contributed by atoms with van der Waals surface area (Å²) in [7, 11) is 2.10. The number of aromatic amines is 1. The molecular weight excluding hydrogens is 375 g/mol. The van der Waals surface area contributed by atoms with Crippen molar-refractivity contribution in [1.29, 1.82) is 0 Å². The molecule has 2 fully saturated rings. The van der Waals surface area contributed by atoms with Crippen LogP contribution in [0.3, 0.4) is 0 Å². The second kappa shape index (κ2) is 8.91. The molecule has 8 heteroatoms. The van der Waals surface area contributed by atoms with E-state index < -0.39 is 0 Å². The largest absolute Gasteiger partial charge is 0.461 e. The van der Waals surface area contributed by atoms with Crippen LogP contribution in [0.4, 0.5) is 0 Å². The zero-order chi connectivity index (χ0) is 16.6. The zero-order valence-electron chi connectivity index (χ0n) is 15.4. The average molecular weight is 405 g/mol. The molecule has 2 saturated heterocycles. The van der Waals surface area contributed by atoms with Crippen molar-refractivity contribution in [1.82, 2.24) is 20.4 Å². The van der Waals surface area contributed by atoms with E-state index in [0.717, 1.165) is 58.3 Å². The van der Waals surface area contributed by atoms with E-state index in [2.05, 4.69) is 27.5 Å². The molecule has 4 rings (SSSR count). The van der Waals surface area contributed by atoms with Gasteiger partial charge in [0.25, 0.3) is 0 Å². The number of nitrogens with zero attached hydrogens (tertiary/aromatic N) is 2. The van der Waals surface area contributed by atoms with Gasteiger partial charge in [-0.15, -0.1) is 24.8 Å². The molecule has 1 spiro atoms. The minimum atomic E-state index is -0.220. The number of carbonyl (C=O) groups is 1. The number of cyclic esters (lactones) is 1. The van der Waals surface area contributed by atoms with Gasteiger partial charge in [0, 0.05) is 25.2 Å². The van der Waals surface area contributed by atoms with Crippen LogP contribution >= 0.6 is 24.8 Å². The number of piperidine rings is 1. The first kappa shape index (κ1) is 21.5. The van der Waals surface area contributed by atoms with E-state index in [1.54, 1.807) is 0 Å². The van der Waals surface area contributed by atoms with Crippen LogP contribution in [-0.2, 0) is 28.9 Å². The van der Waals surface area contributed by atoms with E-state index in [4.69, 9.17) is 4.74 Å². The number of halogens is 2. The Bertz CT molecular complexity index is 616. The SMILES string of the molecule is CN(Cc1n[nH]c2c1CCCC2)CC1CC2(CCNCC2)C(=O)O1.Cl.Cl. The number of likely N-dealkylation sites (N-methyl/N-ethyl adjacent to an activating group) is 1. The highest BCUT2D eigenvalue weighted by Gasteiger charge is 2.49. The number of nitrogens with one attached hydrogen (secondary N) is 2. The fourth-order valence-corrected chi connectivity index (χ4v) is 4.60. The molecule has 3 heterocycles. The Labute approximate surface area is 167 Å². The van der Waals surface area contributed by atoms with Gasteiger partial charge in [0.15, 0.2) is 0 Å². The summed E-state index contributed by atoms with van der Waals surface area (Å²) >= 11 is 0. The summed E-state index contributed by atoms with van der Waals surface area (Å²) in [6.45, 7) is 3.48. The highest BCUT2D eigenvalue weighted by Crippen LogP contribution is 2.41. The van der Waals surface area contributed by atoms with Gasteiger partial charge < -0.3 is 10.1 Å². The first-order valence-corrected chi connectivity index (χ1v) is 9.32. The molecule has 2 N–H and O–H groups in total. The fourth-order valence-electron chi connectivity index (χ4n) is 4.60. The monoisotopic (exact) mass is 404 g/mol. The van der Waals surface area contributed by atoms with E-state index >= 15 is 0 Å². The van der Waals surface area contributed by atoms with Gasteiger partial charge in [0.2, 0.25) is 0 Å².